The van der Waals surface area contributed by atoms with Crippen molar-refractivity contribution >= 4 is 32.8 Å². The maximum Gasteiger partial charge on any atom is 0.379 e. The Kier molecular flexibility index (Phi) is 4.10. The predicted octanol–water partition coefficient (Wildman–Crippen LogP) is 3.13. The van der Waals surface area contributed by atoms with E-state index < -0.39 is 17.9 Å². The van der Waals surface area contributed by atoms with Crippen molar-refractivity contribution in [1.29, 1.82) is 0 Å². The van der Waals surface area contributed by atoms with Crippen LogP contribution in [0.2, 0.25) is 0 Å². The van der Waals surface area contributed by atoms with Crippen LogP contribution in [0.3, 0.4) is 0 Å². The van der Waals surface area contributed by atoms with Gasteiger partial charge in [-0.05, 0) is 25.1 Å². The molecule has 7 heteroatoms. The molecule has 0 unspecified atom stereocenters. The van der Waals surface area contributed by atoms with Crippen LogP contribution in [0.25, 0.3) is 10.9 Å². The number of esters is 1. The maximum atomic E-state index is 14.0. The fraction of sp³-hybridized carbons (Fsp3) is 0.308. The number of aromatic nitrogens is 1. The largest absolute Gasteiger partial charge is 0.462 e. The summed E-state index contributed by atoms with van der Waals surface area (Å²) >= 11 is 3.27. The van der Waals surface area contributed by atoms with Gasteiger partial charge in [0.1, 0.15) is 6.04 Å². The van der Waals surface area contributed by atoms with Gasteiger partial charge in [-0.2, -0.15) is 8.78 Å². The number of nitrogens with two attached hydrogens (primary N) is 1. The third kappa shape index (κ3) is 2.55. The second-order valence-corrected chi connectivity index (χ2v) is 5.17. The zero-order chi connectivity index (χ0) is 14.9. The zero-order valence-electron chi connectivity index (χ0n) is 10.6. The molecule has 2 aromatic rings. The molecule has 0 aliphatic carbocycles. The quantitative estimate of drug-likeness (QED) is 0.835. The van der Waals surface area contributed by atoms with Crippen LogP contribution in [0.1, 0.15) is 18.5 Å². The molecule has 2 rings (SSSR count). The minimum absolute atomic E-state index is 0.124. The zero-order valence-corrected chi connectivity index (χ0v) is 12.2. The summed E-state index contributed by atoms with van der Waals surface area (Å²) in [5.41, 5.74) is 6.41. The molecular formula is C13H13BrF2N2O2. The first-order chi connectivity index (χ1) is 9.37. The van der Waals surface area contributed by atoms with Crippen molar-refractivity contribution in [3.63, 3.8) is 0 Å². The van der Waals surface area contributed by atoms with Gasteiger partial charge in [0, 0.05) is 27.1 Å². The summed E-state index contributed by atoms with van der Waals surface area (Å²) < 4.78 is 33.0. The number of hydrogen-bond donors (Lipinski definition) is 2. The summed E-state index contributed by atoms with van der Waals surface area (Å²) in [7, 11) is 0. The number of carbonyl (C=O) groups excluding carboxylic acids is 1. The third-order valence-corrected chi connectivity index (χ3v) is 3.44. The number of rotatable bonds is 4. The number of alkyl halides is 2. The monoisotopic (exact) mass is 346 g/mol. The lowest BCUT2D eigenvalue weighted by molar-refractivity contribution is -0.174. The smallest absolute Gasteiger partial charge is 0.379 e. The highest BCUT2D eigenvalue weighted by Crippen LogP contribution is 2.35. The van der Waals surface area contributed by atoms with Gasteiger partial charge in [0.15, 0.2) is 0 Å². The Balaban J connectivity index is 2.42. The van der Waals surface area contributed by atoms with Crippen LogP contribution in [0.4, 0.5) is 8.78 Å². The van der Waals surface area contributed by atoms with Gasteiger partial charge in [0.05, 0.1) is 6.61 Å². The number of H-pyrrole nitrogens is 1. The van der Waals surface area contributed by atoms with Crippen molar-refractivity contribution in [2.24, 2.45) is 5.73 Å². The van der Waals surface area contributed by atoms with E-state index in [0.717, 1.165) is 4.47 Å². The predicted molar refractivity (Wildman–Crippen MR) is 74.5 cm³/mol. The van der Waals surface area contributed by atoms with E-state index in [1.807, 2.05) is 0 Å². The van der Waals surface area contributed by atoms with Gasteiger partial charge in [-0.15, -0.1) is 0 Å². The summed E-state index contributed by atoms with van der Waals surface area (Å²) in [4.78, 5) is 14.2. The van der Waals surface area contributed by atoms with Crippen LogP contribution in [0.5, 0.6) is 0 Å². The number of carbonyl (C=O) groups is 1. The minimum atomic E-state index is -3.78. The number of aromatic amines is 1. The molecule has 0 bridgehead atoms. The summed E-state index contributed by atoms with van der Waals surface area (Å²) in [5.74, 6) is -5.40. The van der Waals surface area contributed by atoms with Crippen molar-refractivity contribution in [2.75, 3.05) is 6.61 Å². The fourth-order valence-corrected chi connectivity index (χ4v) is 2.28. The third-order valence-electron chi connectivity index (χ3n) is 2.95. The minimum Gasteiger partial charge on any atom is -0.462 e. The molecule has 0 saturated heterocycles. The molecule has 1 aromatic heterocycles. The first-order valence-corrected chi connectivity index (χ1v) is 6.74. The first-order valence-electron chi connectivity index (χ1n) is 5.95. The van der Waals surface area contributed by atoms with Crippen molar-refractivity contribution in [1.82, 2.24) is 4.98 Å². The van der Waals surface area contributed by atoms with Gasteiger partial charge in [0.2, 0.25) is 0 Å². The molecule has 1 atom stereocenters. The van der Waals surface area contributed by atoms with E-state index in [-0.39, 0.29) is 12.2 Å². The van der Waals surface area contributed by atoms with Crippen molar-refractivity contribution in [2.45, 2.75) is 18.9 Å². The van der Waals surface area contributed by atoms with Crippen LogP contribution >= 0.6 is 15.9 Å². The summed E-state index contributed by atoms with van der Waals surface area (Å²) in [6.07, 6.45) is 1.38. The SMILES string of the molecule is CCOC(=O)C(F)(F)[C@H](N)c1c[nH]c2ccc(Br)cc12. The molecule has 4 nitrogen and oxygen atoms in total. The Hall–Kier alpha value is -1.47. The van der Waals surface area contributed by atoms with E-state index in [1.54, 1.807) is 18.2 Å². The van der Waals surface area contributed by atoms with Crippen LogP contribution in [-0.4, -0.2) is 23.5 Å². The summed E-state index contributed by atoms with van der Waals surface area (Å²) in [6.45, 7) is 1.34. The molecule has 0 radical (unpaired) electrons. The number of halogens is 3. The Morgan fingerprint density at radius 2 is 2.25 bits per heavy atom. The average Bonchev–Trinajstić information content (AvgIpc) is 2.80. The lowest BCUT2D eigenvalue weighted by atomic mass is 10.0. The van der Waals surface area contributed by atoms with Gasteiger partial charge in [-0.1, -0.05) is 15.9 Å². The van der Waals surface area contributed by atoms with Gasteiger partial charge in [-0.25, -0.2) is 4.79 Å². The molecule has 0 amide bonds. The van der Waals surface area contributed by atoms with Crippen LogP contribution in [0, 0.1) is 0 Å². The highest BCUT2D eigenvalue weighted by molar-refractivity contribution is 9.10. The number of ether oxygens (including phenoxy) is 1. The second kappa shape index (κ2) is 5.49. The molecule has 20 heavy (non-hydrogen) atoms. The molecule has 1 aromatic carbocycles. The number of benzene rings is 1. The Morgan fingerprint density at radius 1 is 1.55 bits per heavy atom. The molecule has 0 aliphatic heterocycles. The topological polar surface area (TPSA) is 68.1 Å². The number of nitrogens with one attached hydrogen (secondary N) is 1. The highest BCUT2D eigenvalue weighted by atomic mass is 79.9. The Morgan fingerprint density at radius 3 is 2.90 bits per heavy atom. The van der Waals surface area contributed by atoms with E-state index in [2.05, 4.69) is 25.7 Å². The average molecular weight is 347 g/mol. The van der Waals surface area contributed by atoms with Gasteiger partial charge < -0.3 is 15.5 Å². The molecule has 0 fully saturated rings. The molecule has 0 aliphatic rings. The number of fused-ring (bicyclic) bond motifs is 1. The Bertz CT molecular complexity index is 642. The van der Waals surface area contributed by atoms with E-state index in [1.165, 1.54) is 13.1 Å². The Labute approximate surface area is 122 Å². The van der Waals surface area contributed by atoms with Crippen molar-refractivity contribution < 1.29 is 18.3 Å². The lowest BCUT2D eigenvalue weighted by Gasteiger charge is -2.21. The van der Waals surface area contributed by atoms with Gasteiger partial charge >= 0.3 is 11.9 Å². The number of hydrogen-bond acceptors (Lipinski definition) is 3. The van der Waals surface area contributed by atoms with Crippen LogP contribution < -0.4 is 5.73 Å². The fourth-order valence-electron chi connectivity index (χ4n) is 1.92. The highest BCUT2D eigenvalue weighted by Gasteiger charge is 2.48. The molecule has 0 spiro atoms. The van der Waals surface area contributed by atoms with E-state index in [0.29, 0.717) is 10.9 Å². The first kappa shape index (κ1) is 14.9. The van der Waals surface area contributed by atoms with Crippen LogP contribution in [0.15, 0.2) is 28.9 Å². The molecule has 3 N–H and O–H groups in total. The molecule has 1 heterocycles. The van der Waals surface area contributed by atoms with E-state index in [9.17, 15) is 13.6 Å². The van der Waals surface area contributed by atoms with Crippen LogP contribution in [-0.2, 0) is 9.53 Å². The van der Waals surface area contributed by atoms with Gasteiger partial charge in [0.25, 0.3) is 0 Å². The maximum absolute atomic E-state index is 14.0. The molecule has 0 saturated carbocycles. The molecular weight excluding hydrogens is 334 g/mol. The van der Waals surface area contributed by atoms with Crippen molar-refractivity contribution in [3.05, 3.63) is 34.4 Å². The van der Waals surface area contributed by atoms with E-state index >= 15 is 0 Å². The standard InChI is InChI=1S/C13H13BrF2N2O2/c1-2-20-12(19)13(15,16)11(17)9-6-18-10-4-3-7(14)5-8(9)10/h3-6,11,18H,2,17H2,1H3/t11-/m1/s1. The second-order valence-electron chi connectivity index (χ2n) is 4.26. The normalized spacial score (nSPS) is 13.4. The van der Waals surface area contributed by atoms with E-state index in [4.69, 9.17) is 5.73 Å². The van der Waals surface area contributed by atoms with Gasteiger partial charge in [-0.3, -0.25) is 0 Å². The molecule has 108 valence electrons. The summed E-state index contributed by atoms with van der Waals surface area (Å²) in [5, 5.41) is 0.538. The lowest BCUT2D eigenvalue weighted by Crippen LogP contribution is -2.41. The van der Waals surface area contributed by atoms with Crippen molar-refractivity contribution in [3.8, 4) is 0 Å². The summed E-state index contributed by atoms with van der Waals surface area (Å²) in [6, 6.07) is 3.41.